The molecule has 0 bridgehead atoms. The second-order valence-electron chi connectivity index (χ2n) is 6.23. The minimum Gasteiger partial charge on any atom is -0.465 e. The molecule has 6 heteroatoms. The molecule has 28 heavy (non-hydrogen) atoms. The largest absolute Gasteiger partial charge is 0.465 e. The smallest absolute Gasteiger partial charge is 0.337 e. The fourth-order valence-electron chi connectivity index (χ4n) is 2.66. The van der Waals surface area contributed by atoms with E-state index >= 15 is 0 Å². The molecule has 142 valence electrons. The number of hydrogen-bond acceptors (Lipinski definition) is 5. The molecule has 1 amide bonds. The second-order valence-corrected chi connectivity index (χ2v) is 6.23. The maximum absolute atomic E-state index is 12.4. The van der Waals surface area contributed by atoms with Crippen LogP contribution in [0.2, 0.25) is 0 Å². The Bertz CT molecular complexity index is 939. The van der Waals surface area contributed by atoms with Crippen LogP contribution in [0.25, 0.3) is 0 Å². The monoisotopic (exact) mass is 375 g/mol. The molecule has 2 N–H and O–H groups in total. The summed E-state index contributed by atoms with van der Waals surface area (Å²) in [5.41, 5.74) is 2.77. The highest BCUT2D eigenvalue weighted by molar-refractivity contribution is 5.94. The van der Waals surface area contributed by atoms with Gasteiger partial charge in [0.05, 0.1) is 24.3 Å². The lowest BCUT2D eigenvalue weighted by atomic mass is 10.1. The number of pyridine rings is 1. The molecule has 0 spiro atoms. The topological polar surface area (TPSA) is 80.3 Å². The highest BCUT2D eigenvalue weighted by atomic mass is 16.5. The number of benzene rings is 2. The molecular weight excluding hydrogens is 354 g/mol. The van der Waals surface area contributed by atoms with E-state index in [1.54, 1.807) is 36.4 Å². The van der Waals surface area contributed by atoms with Crippen molar-refractivity contribution >= 4 is 23.4 Å². The zero-order valence-electron chi connectivity index (χ0n) is 15.7. The molecule has 1 aromatic heterocycles. The molecule has 6 nitrogen and oxygen atoms in total. The number of ether oxygens (including phenoxy) is 1. The summed E-state index contributed by atoms with van der Waals surface area (Å²) in [6.07, 6.45) is 1.53. The van der Waals surface area contributed by atoms with Gasteiger partial charge in [-0.1, -0.05) is 30.3 Å². The predicted octanol–water partition coefficient (Wildman–Crippen LogP) is 4.10. The van der Waals surface area contributed by atoms with E-state index in [2.05, 4.69) is 20.4 Å². The molecule has 3 aromatic rings. The molecule has 0 radical (unpaired) electrons. The van der Waals surface area contributed by atoms with E-state index in [1.807, 2.05) is 37.3 Å². The maximum atomic E-state index is 12.4. The number of esters is 1. The van der Waals surface area contributed by atoms with Crippen LogP contribution in [0.1, 0.15) is 39.2 Å². The van der Waals surface area contributed by atoms with Crippen LogP contribution in [-0.2, 0) is 4.74 Å². The van der Waals surface area contributed by atoms with E-state index in [-0.39, 0.29) is 17.9 Å². The van der Waals surface area contributed by atoms with Gasteiger partial charge in [0.15, 0.2) is 0 Å². The normalized spacial score (nSPS) is 11.4. The molecule has 1 heterocycles. The lowest BCUT2D eigenvalue weighted by Crippen LogP contribution is -2.26. The Labute approximate surface area is 163 Å². The molecule has 0 aliphatic carbocycles. The van der Waals surface area contributed by atoms with Gasteiger partial charge in [-0.2, -0.15) is 0 Å². The first-order valence-corrected chi connectivity index (χ1v) is 8.84. The first-order chi connectivity index (χ1) is 13.6. The summed E-state index contributed by atoms with van der Waals surface area (Å²) < 4.78 is 4.68. The van der Waals surface area contributed by atoms with Gasteiger partial charge in [-0.25, -0.2) is 9.78 Å². The van der Waals surface area contributed by atoms with E-state index in [1.165, 1.54) is 13.3 Å². The van der Waals surface area contributed by atoms with E-state index in [0.29, 0.717) is 16.9 Å². The van der Waals surface area contributed by atoms with Gasteiger partial charge in [0.25, 0.3) is 5.91 Å². The van der Waals surface area contributed by atoms with Crippen molar-refractivity contribution in [3.05, 3.63) is 89.6 Å². The number of aromatic nitrogens is 1. The third-order valence-electron chi connectivity index (χ3n) is 4.25. The number of nitrogens with zero attached hydrogens (tertiary/aromatic N) is 1. The third-order valence-corrected chi connectivity index (χ3v) is 4.25. The summed E-state index contributed by atoms with van der Waals surface area (Å²) in [6.45, 7) is 1.94. The van der Waals surface area contributed by atoms with Gasteiger partial charge in [-0.05, 0) is 48.9 Å². The molecule has 0 saturated carbocycles. The maximum Gasteiger partial charge on any atom is 0.337 e. The van der Waals surface area contributed by atoms with Crippen molar-refractivity contribution in [1.82, 2.24) is 10.3 Å². The van der Waals surface area contributed by atoms with Crippen molar-refractivity contribution in [2.45, 2.75) is 13.0 Å². The number of anilines is 2. The molecule has 0 aliphatic rings. The van der Waals surface area contributed by atoms with E-state index < -0.39 is 0 Å². The minimum absolute atomic E-state index is 0.0974. The van der Waals surface area contributed by atoms with E-state index in [4.69, 9.17) is 0 Å². The van der Waals surface area contributed by atoms with Gasteiger partial charge in [0.1, 0.15) is 5.82 Å². The first kappa shape index (κ1) is 19.1. The third kappa shape index (κ3) is 4.73. The predicted molar refractivity (Wildman–Crippen MR) is 108 cm³/mol. The first-order valence-electron chi connectivity index (χ1n) is 8.84. The average Bonchev–Trinajstić information content (AvgIpc) is 2.74. The molecule has 3 rings (SSSR count). The van der Waals surface area contributed by atoms with Gasteiger partial charge in [0, 0.05) is 11.9 Å². The molecule has 0 fully saturated rings. The van der Waals surface area contributed by atoms with E-state index in [9.17, 15) is 9.59 Å². The van der Waals surface area contributed by atoms with Crippen molar-refractivity contribution in [1.29, 1.82) is 0 Å². The number of rotatable bonds is 6. The molecule has 0 saturated heterocycles. The van der Waals surface area contributed by atoms with Crippen LogP contribution in [0.15, 0.2) is 72.9 Å². The van der Waals surface area contributed by atoms with Gasteiger partial charge < -0.3 is 15.4 Å². The fraction of sp³-hybridized carbons (Fsp3) is 0.136. The summed E-state index contributed by atoms with van der Waals surface area (Å²) in [5.74, 6) is 0.0288. The van der Waals surface area contributed by atoms with Crippen LogP contribution in [0.5, 0.6) is 0 Å². The van der Waals surface area contributed by atoms with Crippen molar-refractivity contribution < 1.29 is 14.3 Å². The summed E-state index contributed by atoms with van der Waals surface area (Å²) in [4.78, 5) is 28.2. The van der Waals surface area contributed by atoms with Crippen LogP contribution in [0, 0.1) is 0 Å². The molecular formula is C22H21N3O3. The van der Waals surface area contributed by atoms with Crippen LogP contribution < -0.4 is 10.6 Å². The summed E-state index contributed by atoms with van der Waals surface area (Å²) in [6, 6.07) is 20.0. The summed E-state index contributed by atoms with van der Waals surface area (Å²) >= 11 is 0. The molecule has 1 atom stereocenters. The van der Waals surface area contributed by atoms with E-state index in [0.717, 1.165) is 11.3 Å². The highest BCUT2D eigenvalue weighted by Gasteiger charge is 2.12. The molecule has 2 aromatic carbocycles. The molecule has 1 unspecified atom stereocenters. The quantitative estimate of drug-likeness (QED) is 0.634. The summed E-state index contributed by atoms with van der Waals surface area (Å²) in [5, 5.41) is 6.09. The molecule has 0 aliphatic heterocycles. The lowest BCUT2D eigenvalue weighted by molar-refractivity contribution is 0.0600. The number of nitrogens with one attached hydrogen (secondary N) is 2. The van der Waals surface area contributed by atoms with Gasteiger partial charge in [-0.15, -0.1) is 0 Å². The number of carbonyl (C=O) groups excluding carboxylic acids is 2. The Balaban J connectivity index is 1.61. The number of amides is 1. The zero-order valence-corrected chi connectivity index (χ0v) is 15.7. The summed E-state index contributed by atoms with van der Waals surface area (Å²) in [7, 11) is 1.34. The minimum atomic E-state index is -0.384. The number of methoxy groups -OCH3 is 1. The van der Waals surface area contributed by atoms with Gasteiger partial charge >= 0.3 is 5.97 Å². The number of hydrogen-bond donors (Lipinski definition) is 2. The zero-order chi connectivity index (χ0) is 19.9. The highest BCUT2D eigenvalue weighted by Crippen LogP contribution is 2.17. The average molecular weight is 375 g/mol. The Morgan fingerprint density at radius 3 is 2.21 bits per heavy atom. The SMILES string of the molecule is COC(=O)c1ccc(Nc2ccc(C(=O)NC(C)c3ccccc3)cn2)cc1. The van der Waals surface area contributed by atoms with Gasteiger partial charge in [0.2, 0.25) is 0 Å². The van der Waals surface area contributed by atoms with Crippen molar-refractivity contribution in [3.63, 3.8) is 0 Å². The van der Waals surface area contributed by atoms with Crippen molar-refractivity contribution in [2.24, 2.45) is 0 Å². The van der Waals surface area contributed by atoms with Gasteiger partial charge in [-0.3, -0.25) is 4.79 Å². The van der Waals surface area contributed by atoms with Crippen LogP contribution >= 0.6 is 0 Å². The Morgan fingerprint density at radius 1 is 0.929 bits per heavy atom. The Morgan fingerprint density at radius 2 is 1.61 bits per heavy atom. The second kappa shape index (κ2) is 8.81. The van der Waals surface area contributed by atoms with Crippen LogP contribution in [0.3, 0.4) is 0 Å². The Kier molecular flexibility index (Phi) is 6.01. The Hall–Kier alpha value is -3.67. The van der Waals surface area contributed by atoms with Crippen molar-refractivity contribution in [2.75, 3.05) is 12.4 Å². The van der Waals surface area contributed by atoms with Crippen molar-refractivity contribution in [3.8, 4) is 0 Å². The van der Waals surface area contributed by atoms with Crippen LogP contribution in [0.4, 0.5) is 11.5 Å². The lowest BCUT2D eigenvalue weighted by Gasteiger charge is -2.14. The number of carbonyl (C=O) groups is 2. The fourth-order valence-corrected chi connectivity index (χ4v) is 2.66. The standard InChI is InChI=1S/C22H21N3O3/c1-15(16-6-4-3-5-7-16)24-21(26)18-10-13-20(23-14-18)25-19-11-8-17(9-12-19)22(27)28-2/h3-15H,1-2H3,(H,23,25)(H,24,26). The van der Waals surface area contributed by atoms with Crippen LogP contribution in [-0.4, -0.2) is 24.0 Å².